The maximum Gasteiger partial charge on any atom is 0.322 e. The van der Waals surface area contributed by atoms with Crippen LogP contribution in [0.3, 0.4) is 0 Å². The molecule has 1 aromatic heterocycles. The Labute approximate surface area is 223 Å². The molecular weight excluding hydrogens is 486 g/mol. The van der Waals surface area contributed by atoms with Crippen LogP contribution in [0.25, 0.3) is 0 Å². The molecule has 8 heteroatoms. The summed E-state index contributed by atoms with van der Waals surface area (Å²) in [5.41, 5.74) is 4.66. The number of carbonyl (C=O) groups excluding carboxylic acids is 2. The maximum absolute atomic E-state index is 13.5. The maximum atomic E-state index is 13.5. The lowest BCUT2D eigenvalue weighted by Crippen LogP contribution is -2.45. The van der Waals surface area contributed by atoms with E-state index in [2.05, 4.69) is 15.2 Å². The fourth-order valence-electron chi connectivity index (χ4n) is 5.46. The molecule has 2 aliphatic rings. The summed E-state index contributed by atoms with van der Waals surface area (Å²) in [6.07, 6.45) is 7.17. The molecule has 1 N–H and O–H groups in total. The van der Waals surface area contributed by atoms with Gasteiger partial charge in [-0.2, -0.15) is 0 Å². The zero-order valence-corrected chi connectivity index (χ0v) is 22.0. The highest BCUT2D eigenvalue weighted by atomic mass is 35.5. The van der Waals surface area contributed by atoms with Crippen LogP contribution in [-0.4, -0.2) is 59.9 Å². The van der Waals surface area contributed by atoms with Gasteiger partial charge in [0.05, 0.1) is 16.8 Å². The minimum absolute atomic E-state index is 0.0268. The van der Waals surface area contributed by atoms with Gasteiger partial charge in [0.1, 0.15) is 0 Å². The molecule has 0 radical (unpaired) electrons. The summed E-state index contributed by atoms with van der Waals surface area (Å²) in [6.45, 7) is 1.81. The normalized spacial score (nSPS) is 17.3. The Bertz CT molecular complexity index is 1280. The van der Waals surface area contributed by atoms with Crippen LogP contribution in [0.1, 0.15) is 46.8 Å². The molecule has 5 rings (SSSR count). The molecule has 1 unspecified atom stereocenters. The van der Waals surface area contributed by atoms with Gasteiger partial charge in [-0.15, -0.1) is 0 Å². The second-order valence-corrected chi connectivity index (χ2v) is 10.2. The summed E-state index contributed by atoms with van der Waals surface area (Å²) in [5, 5.41) is 3.40. The van der Waals surface area contributed by atoms with Crippen LogP contribution in [-0.2, 0) is 6.42 Å². The first kappa shape index (κ1) is 25.1. The number of pyridine rings is 1. The second kappa shape index (κ2) is 10.8. The molecule has 1 fully saturated rings. The van der Waals surface area contributed by atoms with E-state index in [1.165, 1.54) is 11.3 Å². The molecule has 0 spiro atoms. The van der Waals surface area contributed by atoms with Crippen molar-refractivity contribution in [3.8, 4) is 0 Å². The van der Waals surface area contributed by atoms with Gasteiger partial charge in [0, 0.05) is 56.9 Å². The van der Waals surface area contributed by atoms with E-state index in [0.717, 1.165) is 44.3 Å². The largest absolute Gasteiger partial charge is 0.371 e. The Morgan fingerprint density at radius 1 is 0.973 bits per heavy atom. The lowest BCUT2D eigenvalue weighted by atomic mass is 10.00. The number of hydrogen-bond acceptors (Lipinski definition) is 4. The first-order chi connectivity index (χ1) is 17.9. The van der Waals surface area contributed by atoms with Crippen LogP contribution in [0.4, 0.5) is 16.2 Å². The number of fused-ring (bicyclic) bond motifs is 1. The van der Waals surface area contributed by atoms with Crippen LogP contribution < -0.4 is 10.2 Å². The van der Waals surface area contributed by atoms with Crippen LogP contribution in [0.2, 0.25) is 5.02 Å². The van der Waals surface area contributed by atoms with E-state index in [4.69, 9.17) is 11.6 Å². The van der Waals surface area contributed by atoms with Gasteiger partial charge in [0.25, 0.3) is 5.91 Å². The summed E-state index contributed by atoms with van der Waals surface area (Å²) in [7, 11) is 3.70. The smallest absolute Gasteiger partial charge is 0.322 e. The molecule has 0 saturated carbocycles. The number of halogens is 1. The Hall–Kier alpha value is -3.58. The van der Waals surface area contributed by atoms with Crippen molar-refractivity contribution in [1.82, 2.24) is 14.8 Å². The van der Waals surface area contributed by atoms with Crippen molar-refractivity contribution in [2.45, 2.75) is 37.8 Å². The third-order valence-electron chi connectivity index (χ3n) is 7.70. The molecule has 2 heterocycles. The number of carbonyl (C=O) groups is 2. The number of aryl methyl sites for hydroxylation is 1. The molecular formula is C29H32ClN5O2. The topological polar surface area (TPSA) is 68.8 Å². The number of amides is 3. The van der Waals surface area contributed by atoms with E-state index >= 15 is 0 Å². The molecule has 1 saturated heterocycles. The number of rotatable bonds is 5. The van der Waals surface area contributed by atoms with E-state index in [1.54, 1.807) is 24.1 Å². The van der Waals surface area contributed by atoms with Crippen molar-refractivity contribution >= 4 is 34.9 Å². The van der Waals surface area contributed by atoms with Gasteiger partial charge in [0.15, 0.2) is 0 Å². The van der Waals surface area contributed by atoms with Gasteiger partial charge in [-0.05, 0) is 73.2 Å². The van der Waals surface area contributed by atoms with Crippen LogP contribution in [0.15, 0.2) is 67.0 Å². The van der Waals surface area contributed by atoms with Crippen molar-refractivity contribution < 1.29 is 9.59 Å². The number of piperidine rings is 1. The van der Waals surface area contributed by atoms with Crippen molar-refractivity contribution in [2.75, 3.05) is 37.4 Å². The molecule has 37 heavy (non-hydrogen) atoms. The first-order valence-corrected chi connectivity index (χ1v) is 13.1. The number of benzene rings is 2. The molecule has 7 nitrogen and oxygen atoms in total. The van der Waals surface area contributed by atoms with Gasteiger partial charge in [-0.3, -0.25) is 9.78 Å². The Kier molecular flexibility index (Phi) is 7.33. The highest BCUT2D eigenvalue weighted by Gasteiger charge is 2.31. The van der Waals surface area contributed by atoms with Crippen LogP contribution >= 0.6 is 11.6 Å². The number of hydrogen-bond donors (Lipinski definition) is 1. The quantitative estimate of drug-likeness (QED) is 0.476. The molecule has 3 amide bonds. The number of para-hydroxylation sites is 1. The molecule has 1 aliphatic heterocycles. The first-order valence-electron chi connectivity index (χ1n) is 12.8. The predicted molar refractivity (Wildman–Crippen MR) is 147 cm³/mol. The lowest BCUT2D eigenvalue weighted by molar-refractivity contribution is 0.0709. The molecule has 192 valence electrons. The summed E-state index contributed by atoms with van der Waals surface area (Å²) in [5.74, 6) is 0.0268. The molecule has 3 aromatic rings. The zero-order valence-electron chi connectivity index (χ0n) is 21.2. The van der Waals surface area contributed by atoms with Crippen molar-refractivity contribution in [2.24, 2.45) is 0 Å². The number of nitrogens with one attached hydrogen (secondary N) is 1. The third kappa shape index (κ3) is 5.27. The van der Waals surface area contributed by atoms with Crippen LogP contribution in [0.5, 0.6) is 0 Å². The van der Waals surface area contributed by atoms with Crippen LogP contribution in [0, 0.1) is 0 Å². The highest BCUT2D eigenvalue weighted by molar-refractivity contribution is 6.33. The number of urea groups is 1. The van der Waals surface area contributed by atoms with Gasteiger partial charge in [-0.1, -0.05) is 29.8 Å². The van der Waals surface area contributed by atoms with E-state index < -0.39 is 0 Å². The average molecular weight is 518 g/mol. The van der Waals surface area contributed by atoms with Gasteiger partial charge in [0.2, 0.25) is 0 Å². The van der Waals surface area contributed by atoms with Gasteiger partial charge in [-0.25, -0.2) is 4.79 Å². The van der Waals surface area contributed by atoms with Gasteiger partial charge >= 0.3 is 6.03 Å². The molecule has 1 aliphatic carbocycles. The summed E-state index contributed by atoms with van der Waals surface area (Å²) >= 11 is 6.22. The number of aromatic nitrogens is 1. The van der Waals surface area contributed by atoms with Crippen molar-refractivity contribution in [1.29, 1.82) is 0 Å². The Morgan fingerprint density at radius 3 is 2.43 bits per heavy atom. The number of anilines is 2. The number of nitrogens with zero attached hydrogens (tertiary/aromatic N) is 4. The van der Waals surface area contributed by atoms with E-state index in [1.807, 2.05) is 66.8 Å². The summed E-state index contributed by atoms with van der Waals surface area (Å²) < 4.78 is 0. The summed E-state index contributed by atoms with van der Waals surface area (Å²) in [6, 6.07) is 17.1. The second-order valence-electron chi connectivity index (χ2n) is 9.83. The van der Waals surface area contributed by atoms with E-state index in [-0.39, 0.29) is 24.0 Å². The Morgan fingerprint density at radius 2 is 1.70 bits per heavy atom. The molecule has 0 bridgehead atoms. The average Bonchev–Trinajstić information content (AvgIpc) is 3.37. The monoisotopic (exact) mass is 517 g/mol. The fourth-order valence-corrected chi connectivity index (χ4v) is 5.64. The minimum Gasteiger partial charge on any atom is -0.371 e. The third-order valence-corrected chi connectivity index (χ3v) is 8.03. The lowest BCUT2D eigenvalue weighted by Gasteiger charge is -2.38. The van der Waals surface area contributed by atoms with Gasteiger partial charge < -0.3 is 20.0 Å². The summed E-state index contributed by atoms with van der Waals surface area (Å²) in [4.78, 5) is 36.5. The molecule has 1 atom stereocenters. The fraction of sp³-hybridized carbons (Fsp3) is 0.345. The SMILES string of the molecule is CN(C(=O)c1ccc2c(c1)C(N(C)C(=O)Nc1ccccc1Cl)CC2)C1CCN(c2ccncc2)CC1. The molecule has 2 aromatic carbocycles. The van der Waals surface area contributed by atoms with Crippen molar-refractivity contribution in [3.63, 3.8) is 0 Å². The van der Waals surface area contributed by atoms with Crippen molar-refractivity contribution in [3.05, 3.63) is 88.7 Å². The predicted octanol–water partition coefficient (Wildman–Crippen LogP) is 5.63. The standard InChI is InChI=1S/C29H32ClN5O2/c1-33(22-13-17-35(18-14-22)23-11-15-31-16-12-23)28(36)21-8-7-20-9-10-27(24(20)19-21)34(2)29(37)32-26-6-4-3-5-25(26)30/h3-8,11-12,15-16,19,22,27H,9-10,13-14,17-18H2,1-2H3,(H,32,37). The van der Waals surface area contributed by atoms with E-state index in [0.29, 0.717) is 16.3 Å². The van der Waals surface area contributed by atoms with E-state index in [9.17, 15) is 9.59 Å². The Balaban J connectivity index is 1.25. The zero-order chi connectivity index (χ0) is 25.9. The highest BCUT2D eigenvalue weighted by Crippen LogP contribution is 2.36. The minimum atomic E-state index is -0.222.